The fourth-order valence-corrected chi connectivity index (χ4v) is 1.99. The molecule has 0 bridgehead atoms. The molecule has 1 aliphatic rings. The molecule has 0 aromatic heterocycles. The van der Waals surface area contributed by atoms with Crippen molar-refractivity contribution in [2.45, 2.75) is 25.7 Å². The first-order chi connectivity index (χ1) is 8.81. The SMILES string of the molecule is CCOC.N#Cc1ccc(C2CCNCC2)cc1. The Balaban J connectivity index is 0.000000357. The Hall–Kier alpha value is -1.37. The molecular weight excluding hydrogens is 224 g/mol. The number of nitriles is 1. The predicted octanol–water partition coefficient (Wildman–Crippen LogP) is 2.68. The molecule has 0 spiro atoms. The highest BCUT2D eigenvalue weighted by Crippen LogP contribution is 2.24. The van der Waals surface area contributed by atoms with Crippen LogP contribution >= 0.6 is 0 Å². The van der Waals surface area contributed by atoms with Crippen molar-refractivity contribution in [2.24, 2.45) is 0 Å². The fraction of sp³-hybridized carbons (Fsp3) is 0.533. The Morgan fingerprint density at radius 2 is 1.83 bits per heavy atom. The quantitative estimate of drug-likeness (QED) is 0.872. The molecule has 3 heteroatoms. The van der Waals surface area contributed by atoms with Crippen molar-refractivity contribution in [2.75, 3.05) is 26.8 Å². The van der Waals surface area contributed by atoms with Crippen LogP contribution in [0.25, 0.3) is 0 Å². The molecule has 0 amide bonds. The van der Waals surface area contributed by atoms with Gasteiger partial charge in [-0.1, -0.05) is 12.1 Å². The number of methoxy groups -OCH3 is 1. The summed E-state index contributed by atoms with van der Waals surface area (Å²) in [5.41, 5.74) is 2.13. The molecule has 0 radical (unpaired) electrons. The highest BCUT2D eigenvalue weighted by Gasteiger charge is 2.14. The van der Waals surface area contributed by atoms with Crippen molar-refractivity contribution >= 4 is 0 Å². The molecule has 1 fully saturated rings. The number of nitrogens with zero attached hydrogens (tertiary/aromatic N) is 1. The van der Waals surface area contributed by atoms with Crippen LogP contribution in [0.4, 0.5) is 0 Å². The number of piperidine rings is 1. The summed E-state index contributed by atoms with van der Waals surface area (Å²) in [6.07, 6.45) is 2.43. The van der Waals surface area contributed by atoms with Gasteiger partial charge in [-0.25, -0.2) is 0 Å². The van der Waals surface area contributed by atoms with E-state index in [1.54, 1.807) is 7.11 Å². The van der Waals surface area contributed by atoms with Gasteiger partial charge in [-0.15, -0.1) is 0 Å². The van der Waals surface area contributed by atoms with Gasteiger partial charge in [0.15, 0.2) is 0 Å². The Morgan fingerprint density at radius 3 is 2.28 bits per heavy atom. The Labute approximate surface area is 110 Å². The summed E-state index contributed by atoms with van der Waals surface area (Å²) in [6, 6.07) is 10.2. The second-order valence-corrected chi connectivity index (χ2v) is 4.34. The highest BCUT2D eigenvalue weighted by molar-refractivity contribution is 5.33. The lowest BCUT2D eigenvalue weighted by molar-refractivity contribution is 0.215. The lowest BCUT2D eigenvalue weighted by atomic mass is 9.90. The van der Waals surface area contributed by atoms with Crippen LogP contribution in [0.5, 0.6) is 0 Å². The zero-order valence-corrected chi connectivity index (χ0v) is 11.3. The van der Waals surface area contributed by atoms with E-state index in [0.717, 1.165) is 25.3 Å². The van der Waals surface area contributed by atoms with E-state index in [-0.39, 0.29) is 0 Å². The highest BCUT2D eigenvalue weighted by atomic mass is 16.5. The van der Waals surface area contributed by atoms with E-state index in [0.29, 0.717) is 5.92 Å². The molecule has 3 nitrogen and oxygen atoms in total. The number of rotatable bonds is 2. The maximum absolute atomic E-state index is 8.68. The van der Waals surface area contributed by atoms with Crippen molar-refractivity contribution in [3.63, 3.8) is 0 Å². The maximum Gasteiger partial charge on any atom is 0.0991 e. The Kier molecular flexibility index (Phi) is 7.09. The third-order valence-electron chi connectivity index (χ3n) is 3.14. The van der Waals surface area contributed by atoms with E-state index in [2.05, 4.69) is 28.3 Å². The molecule has 1 aromatic rings. The van der Waals surface area contributed by atoms with Crippen LogP contribution in [0.2, 0.25) is 0 Å². The van der Waals surface area contributed by atoms with E-state index in [1.165, 1.54) is 18.4 Å². The molecule has 98 valence electrons. The van der Waals surface area contributed by atoms with Crippen LogP contribution < -0.4 is 5.32 Å². The zero-order chi connectivity index (χ0) is 13.2. The van der Waals surface area contributed by atoms with Crippen LogP contribution in [-0.4, -0.2) is 26.8 Å². The summed E-state index contributed by atoms with van der Waals surface area (Å²) in [7, 11) is 1.68. The molecule has 0 atom stereocenters. The summed E-state index contributed by atoms with van der Waals surface area (Å²) in [4.78, 5) is 0. The monoisotopic (exact) mass is 246 g/mol. The lowest BCUT2D eigenvalue weighted by Gasteiger charge is -2.22. The molecule has 1 heterocycles. The van der Waals surface area contributed by atoms with E-state index < -0.39 is 0 Å². The van der Waals surface area contributed by atoms with E-state index in [4.69, 9.17) is 5.26 Å². The van der Waals surface area contributed by atoms with E-state index >= 15 is 0 Å². The van der Waals surface area contributed by atoms with Crippen molar-refractivity contribution < 1.29 is 4.74 Å². The summed E-state index contributed by atoms with van der Waals surface area (Å²) < 4.78 is 4.54. The topological polar surface area (TPSA) is 45.0 Å². The molecular formula is C15H22N2O. The van der Waals surface area contributed by atoms with Crippen LogP contribution in [0.15, 0.2) is 24.3 Å². The summed E-state index contributed by atoms with van der Waals surface area (Å²) in [6.45, 7) is 5.01. The second-order valence-electron chi connectivity index (χ2n) is 4.34. The normalized spacial score (nSPS) is 15.4. The van der Waals surface area contributed by atoms with Gasteiger partial charge >= 0.3 is 0 Å². The molecule has 18 heavy (non-hydrogen) atoms. The molecule has 0 aliphatic carbocycles. The standard InChI is InChI=1S/C12H14N2.C3H8O/c13-9-10-1-3-11(4-2-10)12-5-7-14-8-6-12;1-3-4-2/h1-4,12,14H,5-8H2;3H2,1-2H3. The van der Waals surface area contributed by atoms with E-state index in [9.17, 15) is 0 Å². The van der Waals surface area contributed by atoms with Crippen molar-refractivity contribution in [3.05, 3.63) is 35.4 Å². The minimum absolute atomic E-state index is 0.684. The molecule has 2 rings (SSSR count). The third-order valence-corrected chi connectivity index (χ3v) is 3.14. The predicted molar refractivity (Wildman–Crippen MR) is 73.6 cm³/mol. The van der Waals surface area contributed by atoms with Gasteiger partial charge in [0.2, 0.25) is 0 Å². The average molecular weight is 246 g/mol. The van der Waals surface area contributed by atoms with Gasteiger partial charge in [0, 0.05) is 13.7 Å². The molecule has 1 aromatic carbocycles. The first-order valence-electron chi connectivity index (χ1n) is 6.51. The largest absolute Gasteiger partial charge is 0.385 e. The Morgan fingerprint density at radius 1 is 1.28 bits per heavy atom. The minimum atomic E-state index is 0.684. The molecule has 1 N–H and O–H groups in total. The summed E-state index contributed by atoms with van der Waals surface area (Å²) in [5.74, 6) is 0.684. The minimum Gasteiger partial charge on any atom is -0.385 e. The van der Waals surface area contributed by atoms with Gasteiger partial charge in [0.25, 0.3) is 0 Å². The van der Waals surface area contributed by atoms with Crippen LogP contribution in [0.3, 0.4) is 0 Å². The van der Waals surface area contributed by atoms with E-state index in [1.807, 2.05) is 19.1 Å². The molecule has 0 unspecified atom stereocenters. The smallest absolute Gasteiger partial charge is 0.0991 e. The van der Waals surface area contributed by atoms with Crippen molar-refractivity contribution in [1.29, 1.82) is 5.26 Å². The number of hydrogen-bond donors (Lipinski definition) is 1. The average Bonchev–Trinajstić information content (AvgIpc) is 2.48. The van der Waals surface area contributed by atoms with Gasteiger partial charge in [-0.05, 0) is 56.5 Å². The second kappa shape index (κ2) is 8.68. The molecule has 1 saturated heterocycles. The van der Waals surface area contributed by atoms with Crippen molar-refractivity contribution in [3.8, 4) is 6.07 Å². The number of benzene rings is 1. The molecule has 1 aliphatic heterocycles. The van der Waals surface area contributed by atoms with Gasteiger partial charge in [0.05, 0.1) is 11.6 Å². The van der Waals surface area contributed by atoms with Gasteiger partial charge in [-0.2, -0.15) is 5.26 Å². The van der Waals surface area contributed by atoms with Gasteiger partial charge < -0.3 is 10.1 Å². The number of ether oxygens (including phenoxy) is 1. The zero-order valence-electron chi connectivity index (χ0n) is 11.3. The van der Waals surface area contributed by atoms with Crippen LogP contribution in [-0.2, 0) is 4.74 Å². The summed E-state index contributed by atoms with van der Waals surface area (Å²) >= 11 is 0. The first kappa shape index (κ1) is 14.7. The molecule has 0 saturated carbocycles. The number of hydrogen-bond acceptors (Lipinski definition) is 3. The third kappa shape index (κ3) is 4.87. The van der Waals surface area contributed by atoms with Gasteiger partial charge in [-0.3, -0.25) is 0 Å². The van der Waals surface area contributed by atoms with Crippen molar-refractivity contribution in [1.82, 2.24) is 5.32 Å². The number of nitrogens with one attached hydrogen (secondary N) is 1. The fourth-order valence-electron chi connectivity index (χ4n) is 1.99. The lowest BCUT2D eigenvalue weighted by Crippen LogP contribution is -2.26. The summed E-state index contributed by atoms with van der Waals surface area (Å²) in [5, 5.41) is 12.0. The maximum atomic E-state index is 8.68. The van der Waals surface area contributed by atoms with Gasteiger partial charge in [0.1, 0.15) is 0 Å². The Bertz CT molecular complexity index is 359. The first-order valence-corrected chi connectivity index (χ1v) is 6.51. The van der Waals surface area contributed by atoms with Crippen LogP contribution in [0.1, 0.15) is 36.8 Å². The van der Waals surface area contributed by atoms with Crippen LogP contribution in [0, 0.1) is 11.3 Å².